The maximum Gasteiger partial charge on any atom is 0.0967 e. The lowest BCUT2D eigenvalue weighted by Gasteiger charge is -2.30. The Balaban J connectivity index is 2.38. The van der Waals surface area contributed by atoms with Gasteiger partial charge < -0.3 is 4.74 Å². The fraction of sp³-hybridized carbons (Fsp3) is 0.933. The monoisotopic (exact) mass is 267 g/mol. The van der Waals surface area contributed by atoms with Crippen molar-refractivity contribution in [1.82, 2.24) is 10.2 Å². The molecule has 1 fully saturated rings. The molecule has 1 saturated carbocycles. The van der Waals surface area contributed by atoms with Gasteiger partial charge in [0, 0.05) is 32.3 Å². The lowest BCUT2D eigenvalue weighted by molar-refractivity contribution is 0.113. The number of ether oxygens (including phenoxy) is 1. The first-order valence-electron chi connectivity index (χ1n) is 7.63. The molecule has 0 radical (unpaired) electrons. The number of methoxy groups -OCH3 is 1. The molecule has 4 nitrogen and oxygen atoms in total. The van der Waals surface area contributed by atoms with Gasteiger partial charge in [0.15, 0.2) is 0 Å². The van der Waals surface area contributed by atoms with Gasteiger partial charge in [0.25, 0.3) is 0 Å². The molecular weight excluding hydrogens is 238 g/mol. The average molecular weight is 267 g/mol. The lowest BCUT2D eigenvalue weighted by Crippen LogP contribution is -2.41. The van der Waals surface area contributed by atoms with Gasteiger partial charge in [0.2, 0.25) is 0 Å². The molecule has 110 valence electrons. The minimum absolute atomic E-state index is 0.00640. The molecule has 1 rings (SSSR count). The number of nitrogens with zero attached hydrogens (tertiary/aromatic N) is 2. The van der Waals surface area contributed by atoms with Crippen molar-refractivity contribution >= 4 is 0 Å². The van der Waals surface area contributed by atoms with E-state index in [1.165, 1.54) is 12.8 Å². The summed E-state index contributed by atoms with van der Waals surface area (Å²) in [4.78, 5) is 2.47. The van der Waals surface area contributed by atoms with E-state index in [1.807, 2.05) is 0 Å². The largest absolute Gasteiger partial charge is 0.383 e. The van der Waals surface area contributed by atoms with E-state index >= 15 is 0 Å². The summed E-state index contributed by atoms with van der Waals surface area (Å²) in [5, 5.41) is 12.6. The summed E-state index contributed by atoms with van der Waals surface area (Å²) < 4.78 is 5.20. The smallest absolute Gasteiger partial charge is 0.0967 e. The Labute approximate surface area is 118 Å². The zero-order valence-corrected chi connectivity index (χ0v) is 12.7. The van der Waals surface area contributed by atoms with Crippen LogP contribution in [0.3, 0.4) is 0 Å². The Hall–Kier alpha value is -0.630. The Morgan fingerprint density at radius 2 is 2.00 bits per heavy atom. The van der Waals surface area contributed by atoms with E-state index < -0.39 is 0 Å². The fourth-order valence-corrected chi connectivity index (χ4v) is 2.51. The van der Waals surface area contributed by atoms with Crippen molar-refractivity contribution in [2.75, 3.05) is 26.8 Å². The van der Waals surface area contributed by atoms with Crippen LogP contribution in [0.15, 0.2) is 0 Å². The van der Waals surface area contributed by atoms with Gasteiger partial charge in [0.05, 0.1) is 18.7 Å². The molecule has 1 N–H and O–H groups in total. The molecule has 0 aliphatic heterocycles. The minimum atomic E-state index is 0.00640. The molecule has 0 saturated heterocycles. The highest BCUT2D eigenvalue weighted by molar-refractivity contribution is 4.96. The van der Waals surface area contributed by atoms with E-state index in [1.54, 1.807) is 7.11 Å². The Morgan fingerprint density at radius 3 is 2.47 bits per heavy atom. The van der Waals surface area contributed by atoms with Gasteiger partial charge >= 0.3 is 0 Å². The van der Waals surface area contributed by atoms with Crippen LogP contribution in [-0.4, -0.2) is 49.8 Å². The maximum atomic E-state index is 9.19. The van der Waals surface area contributed by atoms with Crippen molar-refractivity contribution in [3.63, 3.8) is 0 Å². The Kier molecular flexibility index (Phi) is 8.04. The van der Waals surface area contributed by atoms with Crippen LogP contribution in [0.2, 0.25) is 0 Å². The molecule has 1 aliphatic carbocycles. The predicted molar refractivity (Wildman–Crippen MR) is 78.0 cm³/mol. The van der Waals surface area contributed by atoms with Gasteiger partial charge in [-0.15, -0.1) is 0 Å². The van der Waals surface area contributed by atoms with Gasteiger partial charge in [-0.2, -0.15) is 5.26 Å². The van der Waals surface area contributed by atoms with Crippen LogP contribution < -0.4 is 5.32 Å². The topological polar surface area (TPSA) is 48.3 Å². The highest BCUT2D eigenvalue weighted by Gasteiger charge is 2.25. The molecular formula is C15H29N3O. The number of hydrogen-bond acceptors (Lipinski definition) is 4. The summed E-state index contributed by atoms with van der Waals surface area (Å²) in [5.74, 6) is 0. The minimum Gasteiger partial charge on any atom is -0.383 e. The number of rotatable bonds is 11. The summed E-state index contributed by atoms with van der Waals surface area (Å²) in [5.41, 5.74) is 0. The molecule has 0 amide bonds. The normalized spacial score (nSPS) is 16.8. The van der Waals surface area contributed by atoms with E-state index in [9.17, 15) is 5.26 Å². The molecule has 4 heteroatoms. The van der Waals surface area contributed by atoms with Crippen molar-refractivity contribution in [1.29, 1.82) is 5.26 Å². The van der Waals surface area contributed by atoms with Crippen molar-refractivity contribution in [2.24, 2.45) is 0 Å². The second-order valence-electron chi connectivity index (χ2n) is 5.41. The average Bonchev–Trinajstić information content (AvgIpc) is 3.24. The van der Waals surface area contributed by atoms with Crippen LogP contribution in [0.1, 0.15) is 46.0 Å². The highest BCUT2D eigenvalue weighted by atomic mass is 16.5. The molecule has 0 aromatic carbocycles. The van der Waals surface area contributed by atoms with Crippen LogP contribution in [0, 0.1) is 11.3 Å². The van der Waals surface area contributed by atoms with Crippen LogP contribution >= 0.6 is 0 Å². The van der Waals surface area contributed by atoms with Crippen LogP contribution in [-0.2, 0) is 4.74 Å². The van der Waals surface area contributed by atoms with Crippen LogP contribution in [0.5, 0.6) is 0 Å². The van der Waals surface area contributed by atoms with Crippen molar-refractivity contribution in [2.45, 2.75) is 64.1 Å². The molecule has 1 aliphatic rings. The molecule has 1 unspecified atom stereocenters. The Bertz CT molecular complexity index is 269. The predicted octanol–water partition coefficient (Wildman–Crippen LogP) is 2.16. The molecule has 19 heavy (non-hydrogen) atoms. The quantitative estimate of drug-likeness (QED) is 0.623. The molecule has 1 atom stereocenters. The third-order valence-electron chi connectivity index (χ3n) is 3.92. The zero-order chi connectivity index (χ0) is 14.1. The highest BCUT2D eigenvalue weighted by Crippen LogP contribution is 2.20. The first kappa shape index (κ1) is 16.4. The van der Waals surface area contributed by atoms with E-state index in [4.69, 9.17) is 4.74 Å². The SMILES string of the molecule is CCC(CC)N(CCOC)CCC(C#N)NC1CC1. The van der Waals surface area contributed by atoms with Crippen molar-refractivity contribution in [3.8, 4) is 6.07 Å². The summed E-state index contributed by atoms with van der Waals surface area (Å²) >= 11 is 0. The van der Waals surface area contributed by atoms with Crippen LogP contribution in [0.25, 0.3) is 0 Å². The van der Waals surface area contributed by atoms with Gasteiger partial charge in [0.1, 0.15) is 0 Å². The zero-order valence-electron chi connectivity index (χ0n) is 12.7. The van der Waals surface area contributed by atoms with E-state index in [0.717, 1.165) is 39.0 Å². The number of nitriles is 1. The van der Waals surface area contributed by atoms with Crippen LogP contribution in [0.4, 0.5) is 0 Å². The number of hydrogen-bond donors (Lipinski definition) is 1. The summed E-state index contributed by atoms with van der Waals surface area (Å²) in [6.45, 7) is 7.18. The standard InChI is InChI=1S/C15H29N3O/c1-4-15(5-2)18(10-11-19-3)9-8-14(12-16)17-13-6-7-13/h13-15,17H,4-11H2,1-3H3. The fourth-order valence-electron chi connectivity index (χ4n) is 2.51. The summed E-state index contributed by atoms with van der Waals surface area (Å²) in [6, 6.07) is 3.61. The first-order chi connectivity index (χ1) is 9.24. The van der Waals surface area contributed by atoms with Crippen molar-refractivity contribution < 1.29 is 4.74 Å². The van der Waals surface area contributed by atoms with E-state index in [-0.39, 0.29) is 6.04 Å². The third-order valence-corrected chi connectivity index (χ3v) is 3.92. The second-order valence-corrected chi connectivity index (χ2v) is 5.41. The second kappa shape index (κ2) is 9.30. The summed E-state index contributed by atoms with van der Waals surface area (Å²) in [7, 11) is 1.75. The van der Waals surface area contributed by atoms with Gasteiger partial charge in [-0.05, 0) is 32.1 Å². The molecule has 0 aromatic rings. The number of nitrogens with one attached hydrogen (secondary N) is 1. The van der Waals surface area contributed by atoms with E-state index in [2.05, 4.69) is 30.1 Å². The van der Waals surface area contributed by atoms with Gasteiger partial charge in [-0.3, -0.25) is 10.2 Å². The van der Waals surface area contributed by atoms with Gasteiger partial charge in [-0.1, -0.05) is 13.8 Å². The van der Waals surface area contributed by atoms with Gasteiger partial charge in [-0.25, -0.2) is 0 Å². The third kappa shape index (κ3) is 6.38. The van der Waals surface area contributed by atoms with E-state index in [0.29, 0.717) is 12.1 Å². The summed E-state index contributed by atoms with van der Waals surface area (Å²) in [6.07, 6.45) is 5.70. The lowest BCUT2D eigenvalue weighted by atomic mass is 10.1. The Morgan fingerprint density at radius 1 is 1.32 bits per heavy atom. The molecule has 0 aromatic heterocycles. The molecule has 0 heterocycles. The van der Waals surface area contributed by atoms with Crippen molar-refractivity contribution in [3.05, 3.63) is 0 Å². The molecule has 0 bridgehead atoms. The molecule has 0 spiro atoms. The maximum absolute atomic E-state index is 9.19. The first-order valence-corrected chi connectivity index (χ1v) is 7.63.